The van der Waals surface area contributed by atoms with E-state index >= 15 is 0 Å². The van der Waals surface area contributed by atoms with Gasteiger partial charge >= 0.3 is 12.1 Å². The molecule has 1 rings (SSSR count). The van der Waals surface area contributed by atoms with Gasteiger partial charge in [-0.2, -0.15) is 0 Å². The van der Waals surface area contributed by atoms with Crippen LogP contribution in [0.25, 0.3) is 0 Å². The summed E-state index contributed by atoms with van der Waals surface area (Å²) in [6.07, 6.45) is 0.274. The average molecular weight is 364 g/mol. The van der Waals surface area contributed by atoms with Crippen LogP contribution in [-0.4, -0.2) is 48.3 Å². The Hall–Kier alpha value is -2.08. The van der Waals surface area contributed by atoms with Gasteiger partial charge in [0.25, 0.3) is 0 Å². The molecule has 6 heteroatoms. The summed E-state index contributed by atoms with van der Waals surface area (Å²) in [5.74, 6) is -0.240. The zero-order valence-corrected chi connectivity index (χ0v) is 16.6. The first kappa shape index (κ1) is 22.0. The predicted octanol–water partition coefficient (Wildman–Crippen LogP) is 3.36. The van der Waals surface area contributed by atoms with E-state index in [1.54, 1.807) is 6.92 Å². The predicted molar refractivity (Wildman–Crippen MR) is 102 cm³/mol. The smallest absolute Gasteiger partial charge is 0.407 e. The van der Waals surface area contributed by atoms with Gasteiger partial charge in [-0.1, -0.05) is 30.3 Å². The Morgan fingerprint density at radius 3 is 2.42 bits per heavy atom. The fourth-order valence-electron chi connectivity index (χ4n) is 2.40. The molecular weight excluding hydrogens is 332 g/mol. The van der Waals surface area contributed by atoms with Crippen LogP contribution < -0.4 is 5.32 Å². The van der Waals surface area contributed by atoms with Gasteiger partial charge in [-0.25, -0.2) is 4.79 Å². The maximum absolute atomic E-state index is 11.9. The maximum atomic E-state index is 11.9. The van der Waals surface area contributed by atoms with Gasteiger partial charge in [0.2, 0.25) is 0 Å². The van der Waals surface area contributed by atoms with Crippen LogP contribution in [0.2, 0.25) is 0 Å². The van der Waals surface area contributed by atoms with E-state index in [1.165, 1.54) is 0 Å². The number of hydrogen-bond acceptors (Lipinski definition) is 5. The molecule has 0 aliphatic heterocycles. The largest absolute Gasteiger partial charge is 0.465 e. The van der Waals surface area contributed by atoms with Crippen LogP contribution in [0.4, 0.5) is 4.79 Å². The first-order chi connectivity index (χ1) is 12.2. The zero-order valence-electron chi connectivity index (χ0n) is 16.6. The van der Waals surface area contributed by atoms with Crippen LogP contribution in [0.3, 0.4) is 0 Å². The van der Waals surface area contributed by atoms with E-state index in [1.807, 2.05) is 62.9 Å². The van der Waals surface area contributed by atoms with Crippen molar-refractivity contribution >= 4 is 12.1 Å². The van der Waals surface area contributed by atoms with Crippen molar-refractivity contribution in [3.63, 3.8) is 0 Å². The number of carbonyl (C=O) groups is 2. The third-order valence-electron chi connectivity index (χ3n) is 3.55. The van der Waals surface area contributed by atoms with Crippen LogP contribution in [0.15, 0.2) is 30.3 Å². The topological polar surface area (TPSA) is 67.9 Å². The van der Waals surface area contributed by atoms with Crippen LogP contribution in [-0.2, 0) is 20.8 Å². The molecule has 0 aliphatic carbocycles. The Balaban J connectivity index is 2.55. The third-order valence-corrected chi connectivity index (χ3v) is 3.55. The van der Waals surface area contributed by atoms with Crippen molar-refractivity contribution in [3.8, 4) is 0 Å². The van der Waals surface area contributed by atoms with Crippen LogP contribution in [0.1, 0.15) is 46.6 Å². The fourth-order valence-corrected chi connectivity index (χ4v) is 2.40. The van der Waals surface area contributed by atoms with E-state index in [4.69, 9.17) is 9.47 Å². The Labute approximate surface area is 156 Å². The highest BCUT2D eigenvalue weighted by Gasteiger charge is 2.19. The van der Waals surface area contributed by atoms with Crippen LogP contribution in [0.5, 0.6) is 0 Å². The standard InChI is InChI=1S/C20H32N2O4/c1-6-25-18(23)15-22(14-17-10-8-7-9-11-17)13-12-16(2)21-19(24)26-20(3,4)5/h7-11,16H,6,12-15H2,1-5H3,(H,21,24)/t16-/m1/s1. The van der Waals surface area contributed by atoms with E-state index < -0.39 is 11.7 Å². The van der Waals surface area contributed by atoms with E-state index in [0.29, 0.717) is 26.1 Å². The summed E-state index contributed by atoms with van der Waals surface area (Å²) in [4.78, 5) is 25.7. The third kappa shape index (κ3) is 10.0. The van der Waals surface area contributed by atoms with E-state index in [2.05, 4.69) is 5.32 Å². The molecule has 0 aromatic heterocycles. The molecule has 26 heavy (non-hydrogen) atoms. The summed E-state index contributed by atoms with van der Waals surface area (Å²) >= 11 is 0. The fraction of sp³-hybridized carbons (Fsp3) is 0.600. The number of ether oxygens (including phenoxy) is 2. The Morgan fingerprint density at radius 2 is 1.85 bits per heavy atom. The summed E-state index contributed by atoms with van der Waals surface area (Å²) in [7, 11) is 0. The molecule has 1 aromatic carbocycles. The number of nitrogens with one attached hydrogen (secondary N) is 1. The molecule has 1 amide bonds. The molecule has 0 saturated heterocycles. The highest BCUT2D eigenvalue weighted by molar-refractivity contribution is 5.71. The first-order valence-corrected chi connectivity index (χ1v) is 9.11. The molecule has 1 atom stereocenters. The molecule has 0 saturated carbocycles. The normalized spacial score (nSPS) is 12.5. The van der Waals surface area contributed by atoms with E-state index in [-0.39, 0.29) is 18.6 Å². The lowest BCUT2D eigenvalue weighted by Gasteiger charge is -2.25. The number of carbonyl (C=O) groups excluding carboxylic acids is 2. The van der Waals surface area contributed by atoms with Gasteiger partial charge in [0.05, 0.1) is 13.2 Å². The number of hydrogen-bond donors (Lipinski definition) is 1. The highest BCUT2D eigenvalue weighted by atomic mass is 16.6. The number of benzene rings is 1. The molecule has 0 spiro atoms. The van der Waals surface area contributed by atoms with E-state index in [0.717, 1.165) is 5.56 Å². The van der Waals surface area contributed by atoms with Gasteiger partial charge in [0, 0.05) is 19.1 Å². The lowest BCUT2D eigenvalue weighted by atomic mass is 10.2. The van der Waals surface area contributed by atoms with Gasteiger partial charge in [0.15, 0.2) is 0 Å². The molecule has 0 fully saturated rings. The molecule has 0 bridgehead atoms. The number of esters is 1. The molecule has 0 aliphatic rings. The summed E-state index contributed by atoms with van der Waals surface area (Å²) in [6.45, 7) is 11.1. The summed E-state index contributed by atoms with van der Waals surface area (Å²) in [5.41, 5.74) is 0.608. The van der Waals surface area contributed by atoms with Gasteiger partial charge in [-0.3, -0.25) is 9.69 Å². The minimum atomic E-state index is -0.521. The minimum Gasteiger partial charge on any atom is -0.465 e. The first-order valence-electron chi connectivity index (χ1n) is 9.11. The van der Waals surface area contributed by atoms with Crippen molar-refractivity contribution < 1.29 is 19.1 Å². The van der Waals surface area contributed by atoms with Crippen LogP contribution >= 0.6 is 0 Å². The van der Waals surface area contributed by atoms with Crippen molar-refractivity contribution in [3.05, 3.63) is 35.9 Å². The Kier molecular flexibility index (Phi) is 9.13. The van der Waals surface area contributed by atoms with Gasteiger partial charge in [-0.15, -0.1) is 0 Å². The molecule has 1 N–H and O–H groups in total. The number of amides is 1. The monoisotopic (exact) mass is 364 g/mol. The van der Waals surface area contributed by atoms with Crippen molar-refractivity contribution in [1.29, 1.82) is 0 Å². The molecule has 0 heterocycles. The van der Waals surface area contributed by atoms with Gasteiger partial charge in [0.1, 0.15) is 5.60 Å². The second kappa shape index (κ2) is 10.8. The number of nitrogens with zero attached hydrogens (tertiary/aromatic N) is 1. The maximum Gasteiger partial charge on any atom is 0.407 e. The lowest BCUT2D eigenvalue weighted by molar-refractivity contribution is -0.144. The number of alkyl carbamates (subject to hydrolysis) is 1. The molecule has 1 aromatic rings. The molecule has 0 unspecified atom stereocenters. The number of rotatable bonds is 9. The molecule has 0 radical (unpaired) electrons. The zero-order chi connectivity index (χ0) is 19.6. The minimum absolute atomic E-state index is 0.0645. The van der Waals surface area contributed by atoms with Crippen molar-refractivity contribution in [1.82, 2.24) is 10.2 Å². The van der Waals surface area contributed by atoms with Crippen molar-refractivity contribution in [2.24, 2.45) is 0 Å². The second-order valence-corrected chi connectivity index (χ2v) is 7.34. The molecular formula is C20H32N2O4. The SMILES string of the molecule is CCOC(=O)CN(CC[C@@H](C)NC(=O)OC(C)(C)C)Cc1ccccc1. The Bertz CT molecular complexity index is 555. The summed E-state index contributed by atoms with van der Waals surface area (Å²) in [6, 6.07) is 9.91. The van der Waals surface area contributed by atoms with Crippen molar-refractivity contribution in [2.45, 2.75) is 59.2 Å². The van der Waals surface area contributed by atoms with Crippen LogP contribution in [0, 0.1) is 0 Å². The quantitative estimate of drug-likeness (QED) is 0.681. The molecule has 146 valence electrons. The Morgan fingerprint density at radius 1 is 1.19 bits per heavy atom. The molecule has 6 nitrogen and oxygen atoms in total. The average Bonchev–Trinajstić information content (AvgIpc) is 2.52. The van der Waals surface area contributed by atoms with E-state index in [9.17, 15) is 9.59 Å². The van der Waals surface area contributed by atoms with Gasteiger partial charge in [-0.05, 0) is 46.6 Å². The lowest BCUT2D eigenvalue weighted by Crippen LogP contribution is -2.40. The second-order valence-electron chi connectivity index (χ2n) is 7.34. The summed E-state index contributed by atoms with van der Waals surface area (Å²) < 4.78 is 10.3. The van der Waals surface area contributed by atoms with Crippen molar-refractivity contribution in [2.75, 3.05) is 19.7 Å². The van der Waals surface area contributed by atoms with Gasteiger partial charge < -0.3 is 14.8 Å². The highest BCUT2D eigenvalue weighted by Crippen LogP contribution is 2.09. The summed E-state index contributed by atoms with van der Waals surface area (Å²) in [5, 5.41) is 2.83.